The van der Waals surface area contributed by atoms with Crippen molar-refractivity contribution in [3.05, 3.63) is 35.5 Å². The molecule has 7 aliphatic rings. The summed E-state index contributed by atoms with van der Waals surface area (Å²) in [6.45, 7) is 21.7. The molecule has 0 aromatic carbocycles. The molecule has 4 nitrogen and oxygen atoms in total. The van der Waals surface area contributed by atoms with Crippen molar-refractivity contribution in [2.75, 3.05) is 13.7 Å². The highest BCUT2D eigenvalue weighted by Crippen LogP contribution is 2.76. The van der Waals surface area contributed by atoms with Crippen molar-refractivity contribution in [2.45, 2.75) is 182 Å². The molecule has 0 aromatic heterocycles. The summed E-state index contributed by atoms with van der Waals surface area (Å²) in [6, 6.07) is 0. The number of hydrogen-bond acceptors (Lipinski definition) is 3. The van der Waals surface area contributed by atoms with Crippen molar-refractivity contribution in [1.82, 2.24) is 5.32 Å². The quantitative estimate of drug-likeness (QED) is 0.240. The molecule has 7 rings (SSSR count). The molecule has 0 saturated heterocycles. The van der Waals surface area contributed by atoms with Crippen LogP contribution in [0.1, 0.15) is 170 Å². The van der Waals surface area contributed by atoms with Gasteiger partial charge in [0.05, 0.1) is 18.7 Å². The highest BCUT2D eigenvalue weighted by molar-refractivity contribution is 5.70. The molecule has 5 heteroatoms. The Kier molecular flexibility index (Phi) is 12.3. The van der Waals surface area contributed by atoms with Crippen LogP contribution >= 0.6 is 0 Å². The summed E-state index contributed by atoms with van der Waals surface area (Å²) in [5.74, 6) is 2.23. The van der Waals surface area contributed by atoms with Gasteiger partial charge in [0.25, 0.3) is 0 Å². The zero-order valence-corrected chi connectivity index (χ0v) is 34.1. The molecule has 51 heavy (non-hydrogen) atoms. The molecule has 290 valence electrons. The molecular formula is C46H76FNO3. The van der Waals surface area contributed by atoms with Gasteiger partial charge in [0.15, 0.2) is 0 Å². The smallest absolute Gasteiger partial charge is 0.306 e. The minimum atomic E-state index is -0.628. The summed E-state index contributed by atoms with van der Waals surface area (Å²) in [4.78, 5) is 11.6. The molecule has 7 unspecified atom stereocenters. The molecule has 0 aliphatic heterocycles. The van der Waals surface area contributed by atoms with E-state index in [4.69, 9.17) is 0 Å². The molecule has 9 atom stereocenters. The van der Waals surface area contributed by atoms with E-state index in [-0.39, 0.29) is 11.3 Å². The zero-order valence-electron chi connectivity index (χ0n) is 34.1. The van der Waals surface area contributed by atoms with Gasteiger partial charge in [-0.2, -0.15) is 0 Å². The normalized spacial score (nSPS) is 42.0. The fraction of sp³-hybridized carbons (Fsp3) is 0.848. The Morgan fingerprint density at radius 2 is 1.51 bits per heavy atom. The summed E-state index contributed by atoms with van der Waals surface area (Å²) in [5.41, 5.74) is 5.29. The van der Waals surface area contributed by atoms with E-state index in [1.165, 1.54) is 94.6 Å². The van der Waals surface area contributed by atoms with Gasteiger partial charge in [-0.25, -0.2) is 0 Å². The van der Waals surface area contributed by atoms with Crippen LogP contribution in [0.3, 0.4) is 0 Å². The van der Waals surface area contributed by atoms with Gasteiger partial charge >= 0.3 is 5.97 Å². The van der Waals surface area contributed by atoms with E-state index in [0.29, 0.717) is 41.3 Å². The Bertz CT molecular complexity index is 1320. The lowest BCUT2D eigenvalue weighted by Crippen LogP contribution is -2.67. The third kappa shape index (κ3) is 7.24. The number of allylic oxidation sites excluding steroid dienone is 5. The predicted octanol–water partition coefficient (Wildman–Crippen LogP) is 11.8. The van der Waals surface area contributed by atoms with Crippen molar-refractivity contribution in [3.8, 4) is 0 Å². The van der Waals surface area contributed by atoms with Crippen LogP contribution in [0.2, 0.25) is 0 Å². The molecule has 0 spiro atoms. The van der Waals surface area contributed by atoms with Crippen LogP contribution in [0.15, 0.2) is 35.5 Å². The number of rotatable bonds is 6. The van der Waals surface area contributed by atoms with Crippen LogP contribution in [0.5, 0.6) is 0 Å². The Labute approximate surface area is 312 Å². The molecule has 7 aliphatic carbocycles. The van der Waals surface area contributed by atoms with Crippen molar-refractivity contribution >= 4 is 5.97 Å². The fourth-order valence-electron chi connectivity index (χ4n) is 14.3. The maximum atomic E-state index is 11.6. The van der Waals surface area contributed by atoms with Crippen LogP contribution in [0.4, 0.5) is 4.39 Å². The SMILES string of the molecule is C=C(C)C.CC1(C)C(C2=CCC(C(=O)O)CC2)=CCC2(C)C1CCC1(C)C2CCC2[C@H]3CCCC3(NCCC3(O)CCCCC3)CC[C@]21C.CF. The number of alkyl halides is 1. The minimum Gasteiger partial charge on any atom is -0.481 e. The molecular weight excluding hydrogens is 634 g/mol. The Morgan fingerprint density at radius 3 is 2.14 bits per heavy atom. The standard InChI is InChI=1S/C41H65NO3.C4H8.CH3F/c1-36(2)30(28-11-13-29(14-12-28)35(43)44)17-22-37(3)33(36)18-23-39(5)34(37)16-15-31-32-10-9-21-41(32,25-24-38(31,39)4)42-27-26-40(45)19-7-6-8-20-40;1-4(2)3;1-2/h11,17,29,31-34,42,45H,6-10,12-16,18-27H2,1-5H3,(H,43,44);1H2,2-3H3;1H3/t29?,31?,32-,33?,34?,37?,38-,39?,41?;;/m1../s1. The molecule has 0 bridgehead atoms. The maximum Gasteiger partial charge on any atom is 0.306 e. The molecule has 0 heterocycles. The lowest BCUT2D eigenvalue weighted by Gasteiger charge is -2.72. The lowest BCUT2D eigenvalue weighted by molar-refractivity contribution is -0.218. The second-order valence-electron chi connectivity index (χ2n) is 20.1. The first-order valence-corrected chi connectivity index (χ1v) is 21.1. The predicted molar refractivity (Wildman–Crippen MR) is 210 cm³/mol. The van der Waals surface area contributed by atoms with E-state index in [1.807, 2.05) is 13.8 Å². The van der Waals surface area contributed by atoms with Crippen LogP contribution < -0.4 is 5.32 Å². The first-order chi connectivity index (χ1) is 24.0. The molecule has 3 N–H and O–H groups in total. The average Bonchev–Trinajstić information content (AvgIpc) is 3.50. The highest BCUT2D eigenvalue weighted by Gasteiger charge is 2.69. The number of carbonyl (C=O) groups is 1. The highest BCUT2D eigenvalue weighted by atomic mass is 19.1. The van der Waals surface area contributed by atoms with E-state index in [9.17, 15) is 19.4 Å². The number of aliphatic hydroxyl groups is 1. The van der Waals surface area contributed by atoms with E-state index >= 15 is 0 Å². The second-order valence-corrected chi connectivity index (χ2v) is 20.1. The van der Waals surface area contributed by atoms with E-state index in [2.05, 4.69) is 58.7 Å². The minimum absolute atomic E-state index is 0.132. The number of carboxylic acids is 1. The number of halogens is 1. The number of aliphatic carboxylic acids is 1. The number of nitrogens with one attached hydrogen (secondary N) is 1. The van der Waals surface area contributed by atoms with Gasteiger partial charge < -0.3 is 15.5 Å². The average molecular weight is 710 g/mol. The molecule has 5 saturated carbocycles. The van der Waals surface area contributed by atoms with E-state index in [0.717, 1.165) is 56.4 Å². The molecule has 0 amide bonds. The van der Waals surface area contributed by atoms with Crippen LogP contribution in [0.25, 0.3) is 0 Å². The zero-order chi connectivity index (χ0) is 37.5. The van der Waals surface area contributed by atoms with Gasteiger partial charge in [0, 0.05) is 5.54 Å². The van der Waals surface area contributed by atoms with E-state index in [1.54, 1.807) is 5.57 Å². The third-order valence-electron chi connectivity index (χ3n) is 16.9. The fourth-order valence-corrected chi connectivity index (χ4v) is 14.3. The van der Waals surface area contributed by atoms with Crippen molar-refractivity contribution in [1.29, 1.82) is 0 Å². The van der Waals surface area contributed by atoms with Gasteiger partial charge in [-0.05, 0) is 173 Å². The van der Waals surface area contributed by atoms with Gasteiger partial charge in [-0.1, -0.05) is 78.0 Å². The van der Waals surface area contributed by atoms with Crippen LogP contribution in [-0.2, 0) is 4.79 Å². The molecule has 0 aromatic rings. The van der Waals surface area contributed by atoms with Crippen molar-refractivity contribution in [2.24, 2.45) is 51.2 Å². The van der Waals surface area contributed by atoms with Crippen LogP contribution in [-0.4, -0.2) is 41.0 Å². The summed E-state index contributed by atoms with van der Waals surface area (Å²) in [7, 11) is 0.500. The molecule has 0 radical (unpaired) electrons. The summed E-state index contributed by atoms with van der Waals surface area (Å²) >= 11 is 0. The van der Waals surface area contributed by atoms with Gasteiger partial charge in [-0.3, -0.25) is 9.18 Å². The summed E-state index contributed by atoms with van der Waals surface area (Å²) in [5, 5.41) is 25.0. The van der Waals surface area contributed by atoms with Crippen molar-refractivity contribution in [3.63, 3.8) is 0 Å². The summed E-state index contributed by atoms with van der Waals surface area (Å²) in [6.07, 6.45) is 27.4. The maximum absolute atomic E-state index is 11.6. The number of fused-ring (bicyclic) bond motifs is 7. The second kappa shape index (κ2) is 15.3. The number of hydrogen-bond donors (Lipinski definition) is 3. The van der Waals surface area contributed by atoms with Gasteiger partial charge in [0.2, 0.25) is 0 Å². The lowest BCUT2D eigenvalue weighted by atomic mass is 9.33. The monoisotopic (exact) mass is 710 g/mol. The van der Waals surface area contributed by atoms with E-state index < -0.39 is 11.6 Å². The molecule has 5 fully saturated rings. The largest absolute Gasteiger partial charge is 0.481 e. The van der Waals surface area contributed by atoms with Crippen LogP contribution in [0, 0.1) is 51.2 Å². The Balaban J connectivity index is 0.000000787. The third-order valence-corrected chi connectivity index (χ3v) is 16.9. The topological polar surface area (TPSA) is 69.6 Å². The van der Waals surface area contributed by atoms with Crippen molar-refractivity contribution < 1.29 is 19.4 Å². The summed E-state index contributed by atoms with van der Waals surface area (Å²) < 4.78 is 9.50. The number of carboxylic acid groups (broad SMARTS) is 1. The first kappa shape index (κ1) is 40.7. The first-order valence-electron chi connectivity index (χ1n) is 21.1. The Hall–Kier alpha value is -1.46. The van der Waals surface area contributed by atoms with Gasteiger partial charge in [-0.15, -0.1) is 6.58 Å². The Morgan fingerprint density at radius 1 is 0.824 bits per heavy atom. The van der Waals surface area contributed by atoms with Gasteiger partial charge in [0.1, 0.15) is 0 Å².